The molecule has 3 aliphatic rings. The Balaban J connectivity index is 1.53. The van der Waals surface area contributed by atoms with Gasteiger partial charge in [-0.15, -0.1) is 0 Å². The molecule has 2 fully saturated rings. The van der Waals surface area contributed by atoms with Crippen molar-refractivity contribution in [2.75, 3.05) is 5.32 Å². The third-order valence-corrected chi connectivity index (χ3v) is 7.23. The SMILES string of the molecule is Cc1cc(NC(=O)[C@H](C)N2C(=O)[C@@H]3[C@H](C2=O)[C@H]2C=C[C@H]3C2)cc(C)c1Br. The lowest BCUT2D eigenvalue weighted by Gasteiger charge is -2.24. The molecule has 0 spiro atoms. The molecule has 1 aromatic carbocycles. The Morgan fingerprint density at radius 3 is 2.12 bits per heavy atom. The number of benzene rings is 1. The molecule has 0 radical (unpaired) electrons. The number of nitrogens with zero attached hydrogens (tertiary/aromatic N) is 1. The van der Waals surface area contributed by atoms with Crippen LogP contribution in [0.2, 0.25) is 0 Å². The molecule has 1 heterocycles. The molecule has 0 unspecified atom stereocenters. The van der Waals surface area contributed by atoms with Gasteiger partial charge in [-0.1, -0.05) is 28.1 Å². The molecular weight excluding hydrogens is 396 g/mol. The van der Waals surface area contributed by atoms with E-state index in [2.05, 4.69) is 33.4 Å². The largest absolute Gasteiger partial charge is 0.324 e. The minimum absolute atomic E-state index is 0.151. The first-order chi connectivity index (χ1) is 12.3. The van der Waals surface area contributed by atoms with Crippen molar-refractivity contribution in [1.29, 1.82) is 0 Å². The molecule has 1 aliphatic heterocycles. The zero-order valence-corrected chi connectivity index (χ0v) is 16.5. The van der Waals surface area contributed by atoms with Gasteiger partial charge in [-0.2, -0.15) is 0 Å². The van der Waals surface area contributed by atoms with Crippen LogP contribution in [0.15, 0.2) is 28.8 Å². The third-order valence-electron chi connectivity index (χ3n) is 5.98. The molecule has 1 aromatic rings. The Hall–Kier alpha value is -1.95. The zero-order valence-electron chi connectivity index (χ0n) is 15.0. The quantitative estimate of drug-likeness (QED) is 0.607. The van der Waals surface area contributed by atoms with E-state index in [0.717, 1.165) is 22.0 Å². The van der Waals surface area contributed by atoms with Crippen LogP contribution in [0.1, 0.15) is 24.5 Å². The Bertz CT molecular complexity index is 810. The number of imide groups is 1. The van der Waals surface area contributed by atoms with E-state index in [-0.39, 0.29) is 41.4 Å². The number of carbonyl (C=O) groups is 3. The summed E-state index contributed by atoms with van der Waals surface area (Å²) in [5.41, 5.74) is 2.69. The topological polar surface area (TPSA) is 66.5 Å². The Labute approximate surface area is 160 Å². The number of anilines is 1. The van der Waals surface area contributed by atoms with E-state index in [1.165, 1.54) is 4.90 Å². The smallest absolute Gasteiger partial charge is 0.247 e. The van der Waals surface area contributed by atoms with Crippen molar-refractivity contribution in [2.24, 2.45) is 23.7 Å². The van der Waals surface area contributed by atoms with Crippen molar-refractivity contribution in [3.63, 3.8) is 0 Å². The van der Waals surface area contributed by atoms with Gasteiger partial charge in [-0.3, -0.25) is 19.3 Å². The molecule has 1 saturated heterocycles. The van der Waals surface area contributed by atoms with E-state index >= 15 is 0 Å². The summed E-state index contributed by atoms with van der Waals surface area (Å²) >= 11 is 3.51. The second-order valence-electron chi connectivity index (χ2n) is 7.64. The molecule has 4 rings (SSSR count). The highest BCUT2D eigenvalue weighted by Crippen LogP contribution is 2.52. The van der Waals surface area contributed by atoms with E-state index in [1.54, 1.807) is 6.92 Å². The fourth-order valence-corrected chi connectivity index (χ4v) is 4.92. The molecule has 5 atom stereocenters. The van der Waals surface area contributed by atoms with Crippen LogP contribution in [0.25, 0.3) is 0 Å². The summed E-state index contributed by atoms with van der Waals surface area (Å²) in [5.74, 6) is -0.967. The molecule has 0 aromatic heterocycles. The van der Waals surface area contributed by atoms with Gasteiger partial charge in [-0.05, 0) is 62.3 Å². The van der Waals surface area contributed by atoms with Crippen LogP contribution in [0.3, 0.4) is 0 Å². The fraction of sp³-hybridized carbons (Fsp3) is 0.450. The van der Waals surface area contributed by atoms with E-state index < -0.39 is 6.04 Å². The minimum Gasteiger partial charge on any atom is -0.324 e. The Morgan fingerprint density at radius 2 is 1.62 bits per heavy atom. The predicted octanol–water partition coefficient (Wildman–Crippen LogP) is 3.20. The summed E-state index contributed by atoms with van der Waals surface area (Å²) in [6.45, 7) is 5.53. The number of halogens is 1. The number of fused-ring (bicyclic) bond motifs is 5. The molecule has 1 N–H and O–H groups in total. The Morgan fingerprint density at radius 1 is 1.12 bits per heavy atom. The van der Waals surface area contributed by atoms with Crippen molar-refractivity contribution in [3.8, 4) is 0 Å². The molecule has 6 heteroatoms. The summed E-state index contributed by atoms with van der Waals surface area (Å²) in [7, 11) is 0. The number of carbonyl (C=O) groups excluding carboxylic acids is 3. The van der Waals surface area contributed by atoms with Gasteiger partial charge in [0.1, 0.15) is 6.04 Å². The van der Waals surface area contributed by atoms with Crippen molar-refractivity contribution >= 4 is 39.3 Å². The van der Waals surface area contributed by atoms with Gasteiger partial charge in [0.25, 0.3) is 0 Å². The van der Waals surface area contributed by atoms with Crippen molar-refractivity contribution in [1.82, 2.24) is 4.90 Å². The number of nitrogens with one attached hydrogen (secondary N) is 1. The lowest BCUT2D eigenvalue weighted by Crippen LogP contribution is -2.46. The average Bonchev–Trinajstić information content (AvgIpc) is 3.26. The number of likely N-dealkylation sites (tertiary alicyclic amines) is 1. The summed E-state index contributed by atoms with van der Waals surface area (Å²) in [5, 5.41) is 2.85. The Kier molecular flexibility index (Phi) is 4.06. The number of hydrogen-bond donors (Lipinski definition) is 1. The van der Waals surface area contributed by atoms with Crippen LogP contribution in [0, 0.1) is 37.5 Å². The van der Waals surface area contributed by atoms with Crippen LogP contribution in [-0.2, 0) is 14.4 Å². The molecule has 26 heavy (non-hydrogen) atoms. The zero-order chi connectivity index (χ0) is 18.7. The monoisotopic (exact) mass is 416 g/mol. The first kappa shape index (κ1) is 17.5. The van der Waals surface area contributed by atoms with Crippen molar-refractivity contribution in [2.45, 2.75) is 33.2 Å². The third kappa shape index (κ3) is 2.46. The van der Waals surface area contributed by atoms with Crippen LogP contribution in [0.5, 0.6) is 0 Å². The van der Waals surface area contributed by atoms with Crippen molar-refractivity contribution in [3.05, 3.63) is 39.9 Å². The maximum atomic E-state index is 12.8. The molecular formula is C20H21BrN2O3. The minimum atomic E-state index is -0.816. The van der Waals surface area contributed by atoms with Crippen LogP contribution in [0.4, 0.5) is 5.69 Å². The molecule has 136 valence electrons. The highest BCUT2D eigenvalue weighted by atomic mass is 79.9. The second kappa shape index (κ2) is 6.05. The van der Waals surface area contributed by atoms with Gasteiger partial charge in [0, 0.05) is 10.2 Å². The molecule has 2 aliphatic carbocycles. The second-order valence-corrected chi connectivity index (χ2v) is 8.43. The molecule has 2 bridgehead atoms. The predicted molar refractivity (Wildman–Crippen MR) is 101 cm³/mol. The van der Waals surface area contributed by atoms with Gasteiger partial charge in [0.15, 0.2) is 0 Å². The summed E-state index contributed by atoms with van der Waals surface area (Å²) < 4.78 is 1.00. The summed E-state index contributed by atoms with van der Waals surface area (Å²) in [4.78, 5) is 39.5. The van der Waals surface area contributed by atoms with Gasteiger partial charge in [-0.25, -0.2) is 0 Å². The molecule has 3 amide bonds. The van der Waals surface area contributed by atoms with Gasteiger partial charge >= 0.3 is 0 Å². The number of amides is 3. The number of rotatable bonds is 3. The van der Waals surface area contributed by atoms with E-state index in [0.29, 0.717) is 5.69 Å². The highest BCUT2D eigenvalue weighted by molar-refractivity contribution is 9.10. The molecule has 1 saturated carbocycles. The summed E-state index contributed by atoms with van der Waals surface area (Å²) in [6, 6.07) is 2.92. The van der Waals surface area contributed by atoms with E-state index in [1.807, 2.05) is 26.0 Å². The van der Waals surface area contributed by atoms with Gasteiger partial charge in [0.05, 0.1) is 11.8 Å². The summed E-state index contributed by atoms with van der Waals surface area (Å²) in [6.07, 6.45) is 5.00. The first-order valence-corrected chi connectivity index (χ1v) is 9.71. The lowest BCUT2D eigenvalue weighted by molar-refractivity contribution is -0.146. The number of hydrogen-bond acceptors (Lipinski definition) is 3. The molecule has 5 nitrogen and oxygen atoms in total. The lowest BCUT2D eigenvalue weighted by atomic mass is 9.85. The van der Waals surface area contributed by atoms with E-state index in [4.69, 9.17) is 0 Å². The number of aryl methyl sites for hydroxylation is 2. The van der Waals surface area contributed by atoms with Crippen molar-refractivity contribution < 1.29 is 14.4 Å². The van der Waals surface area contributed by atoms with Gasteiger partial charge < -0.3 is 5.32 Å². The van der Waals surface area contributed by atoms with Crippen LogP contribution >= 0.6 is 15.9 Å². The fourth-order valence-electron chi connectivity index (χ4n) is 4.69. The average molecular weight is 417 g/mol. The standard InChI is InChI=1S/C20H21BrN2O3/c1-9-6-14(7-10(2)17(9)21)22-18(24)11(3)23-19(25)15-12-4-5-13(8-12)16(15)20(23)26/h4-7,11-13,15-16H,8H2,1-3H3,(H,22,24)/t11-,12-,13-,15-,16+/m0/s1. The van der Waals surface area contributed by atoms with Crippen LogP contribution < -0.4 is 5.32 Å². The number of allylic oxidation sites excluding steroid dienone is 2. The normalized spacial score (nSPS) is 30.1. The van der Waals surface area contributed by atoms with Crippen LogP contribution in [-0.4, -0.2) is 28.7 Å². The highest BCUT2D eigenvalue weighted by Gasteiger charge is 2.60. The first-order valence-electron chi connectivity index (χ1n) is 8.92. The maximum absolute atomic E-state index is 12.8. The van der Waals surface area contributed by atoms with Gasteiger partial charge in [0.2, 0.25) is 17.7 Å². The van der Waals surface area contributed by atoms with E-state index in [9.17, 15) is 14.4 Å². The maximum Gasteiger partial charge on any atom is 0.247 e.